The Morgan fingerprint density at radius 2 is 0.368 bits per heavy atom. The molecule has 24 rings (SSSR count). The minimum Gasteiger partial charge on any atom is -0.344 e. The van der Waals surface area contributed by atoms with E-state index in [2.05, 4.69) is 410 Å². The third-order valence-corrected chi connectivity index (χ3v) is 22.8. The number of benzene rings is 19. The average molecular weight is 1360 g/mol. The molecular weight excluding hydrogens is 1280 g/mol. The Balaban J connectivity index is 0.0000000879. The molecule has 0 bridgehead atoms. The smallest absolute Gasteiger partial charge is 0.0568 e. The lowest BCUT2D eigenvalue weighted by Crippen LogP contribution is -1.88. The summed E-state index contributed by atoms with van der Waals surface area (Å²) < 4.78 is 11.6. The Hall–Kier alpha value is -13.5. The maximum absolute atomic E-state index is 2.36. The molecule has 0 saturated carbocycles. The highest BCUT2D eigenvalue weighted by Crippen LogP contribution is 2.42. The van der Waals surface area contributed by atoms with E-state index >= 15 is 0 Å². The van der Waals surface area contributed by atoms with Crippen molar-refractivity contribution in [3.05, 3.63) is 352 Å². The molecule has 5 heterocycles. The van der Waals surface area contributed by atoms with Crippen LogP contribution in [-0.4, -0.2) is 22.8 Å². The fraction of sp³-hybridized carbons (Fsp3) is 0.0495. The third kappa shape index (κ3) is 9.99. The summed E-state index contributed by atoms with van der Waals surface area (Å²) in [5.41, 5.74) is 13.0. The van der Waals surface area contributed by atoms with Crippen molar-refractivity contribution in [2.75, 3.05) is 0 Å². The Kier molecular flexibility index (Phi) is 14.6. The van der Waals surface area contributed by atoms with Gasteiger partial charge >= 0.3 is 0 Å². The summed E-state index contributed by atoms with van der Waals surface area (Å²) in [6.45, 7) is 0. The first-order valence-corrected chi connectivity index (χ1v) is 36.7. The van der Waals surface area contributed by atoms with E-state index in [-0.39, 0.29) is 0 Å². The van der Waals surface area contributed by atoms with Crippen molar-refractivity contribution in [2.45, 2.75) is 0 Å². The minimum absolute atomic E-state index is 1.30. The highest BCUT2D eigenvalue weighted by molar-refractivity contribution is 6.26. The van der Waals surface area contributed by atoms with E-state index in [1.165, 1.54) is 206 Å². The van der Waals surface area contributed by atoms with Gasteiger partial charge in [0.05, 0.1) is 16.6 Å². The van der Waals surface area contributed by atoms with Gasteiger partial charge in [-0.2, -0.15) is 0 Å². The molecule has 0 radical (unpaired) electrons. The number of para-hydroxylation sites is 1. The zero-order chi connectivity index (χ0) is 70.8. The summed E-state index contributed by atoms with van der Waals surface area (Å²) in [6.07, 6.45) is 0. The third-order valence-electron chi connectivity index (χ3n) is 22.8. The predicted molar refractivity (Wildman–Crippen MR) is 460 cm³/mol. The van der Waals surface area contributed by atoms with E-state index in [1.807, 2.05) is 0 Å². The average Bonchev–Trinajstić information content (AvgIpc) is 1.63. The van der Waals surface area contributed by atoms with Gasteiger partial charge in [0.2, 0.25) is 0 Å². The number of rotatable bonds is 0. The molecule has 5 aromatic heterocycles. The standard InChI is InChI=1S/4C21H15N.C17H13N/c1-22-20-12-16-8-4-2-6-14(16)10-18(20)19-11-15-7-3-5-9-17(15)13-21(19)22;1-22-20-16-8-4-2-6-14(16)10-12-18(20)19-13-11-15-7-3-5-9-17(15)21(19)22;1-22-19-11-10-14-6-4-5-9-17(14)21(19)18-12-15-7-2-3-8-16(15)13-20(18)22;1-22-20-13-16-8-3-2-7-15(16)12-19(20)18-11-10-14-6-4-5-9-17(14)21(18)22;1-18-15-9-5-4-8-14(15)17-13-7-3-2-6-12(13)10-11-16(17)18/h4*2-13H,1H3;2-11H,1H3. The molecule has 0 unspecified atom stereocenters. The lowest BCUT2D eigenvalue weighted by molar-refractivity contribution is 1.01. The second kappa shape index (κ2) is 24.9. The van der Waals surface area contributed by atoms with Gasteiger partial charge in [-0.25, -0.2) is 0 Å². The molecule has 24 aromatic rings. The van der Waals surface area contributed by atoms with Crippen LogP contribution in [-0.2, 0) is 35.2 Å². The molecule has 5 nitrogen and oxygen atoms in total. The molecule has 0 aliphatic heterocycles. The Bertz CT molecular complexity index is 7440. The van der Waals surface area contributed by atoms with Crippen LogP contribution in [0.4, 0.5) is 0 Å². The Labute approximate surface area is 612 Å². The Morgan fingerprint density at radius 1 is 0.132 bits per heavy atom. The van der Waals surface area contributed by atoms with E-state index in [0.29, 0.717) is 0 Å². The van der Waals surface area contributed by atoms with E-state index in [0.717, 1.165) is 0 Å². The molecule has 5 heteroatoms. The number of hydrogen-bond donors (Lipinski definition) is 0. The number of fused-ring (bicyclic) bond motifs is 29. The molecule has 0 spiro atoms. The Morgan fingerprint density at radius 3 is 0.764 bits per heavy atom. The molecule has 0 atom stereocenters. The van der Waals surface area contributed by atoms with Crippen LogP contribution < -0.4 is 0 Å². The zero-order valence-electron chi connectivity index (χ0n) is 59.7. The maximum atomic E-state index is 2.36. The van der Waals surface area contributed by atoms with Crippen molar-refractivity contribution in [1.82, 2.24) is 22.8 Å². The second-order valence-corrected chi connectivity index (χ2v) is 28.6. The predicted octanol–water partition coefficient (Wildman–Crippen LogP) is 27.0. The van der Waals surface area contributed by atoms with Gasteiger partial charge in [-0.05, 0) is 148 Å². The lowest BCUT2D eigenvalue weighted by Gasteiger charge is -2.04. The van der Waals surface area contributed by atoms with Crippen LogP contribution in [0.2, 0.25) is 0 Å². The fourth-order valence-corrected chi connectivity index (χ4v) is 17.6. The second-order valence-electron chi connectivity index (χ2n) is 28.6. The first kappa shape index (κ1) is 62.3. The fourth-order valence-electron chi connectivity index (χ4n) is 17.6. The molecule has 0 aliphatic rings. The van der Waals surface area contributed by atoms with Crippen LogP contribution >= 0.6 is 0 Å². The SMILES string of the molecule is Cn1c2c3ccccc3ccc2c2ccc3ccccc3c21.Cn1c2cc3ccccc3cc2c2c3ccccc3ccc21.Cn1c2cc3ccccc3cc2c2cc3ccccc3cc21.Cn1c2cc3ccccc3cc2c2ccc3ccccc3c21.Cn1c2ccccc2c2c3ccccc3ccc21. The van der Waals surface area contributed by atoms with Gasteiger partial charge in [0.1, 0.15) is 0 Å². The van der Waals surface area contributed by atoms with Crippen LogP contribution in [0.3, 0.4) is 0 Å². The molecule has 0 saturated heterocycles. The van der Waals surface area contributed by atoms with E-state index in [1.54, 1.807) is 0 Å². The van der Waals surface area contributed by atoms with Gasteiger partial charge in [0, 0.05) is 144 Å². The topological polar surface area (TPSA) is 24.6 Å². The van der Waals surface area contributed by atoms with Crippen LogP contribution in [0.15, 0.2) is 352 Å². The van der Waals surface area contributed by atoms with E-state index in [4.69, 9.17) is 0 Å². The number of hydrogen-bond acceptors (Lipinski definition) is 0. The molecule has 502 valence electrons. The summed E-state index contributed by atoms with van der Waals surface area (Å²) >= 11 is 0. The summed E-state index contributed by atoms with van der Waals surface area (Å²) in [7, 11) is 10.8. The molecule has 19 aromatic carbocycles. The highest BCUT2D eigenvalue weighted by atomic mass is 15.0. The first-order chi connectivity index (χ1) is 52.2. The normalized spacial score (nSPS) is 11.8. The molecule has 0 N–H and O–H groups in total. The van der Waals surface area contributed by atoms with Crippen LogP contribution in [0.1, 0.15) is 0 Å². The summed E-state index contributed by atoms with van der Waals surface area (Å²) in [6, 6.07) is 127. The van der Waals surface area contributed by atoms with Gasteiger partial charge in [-0.3, -0.25) is 0 Å². The summed E-state index contributed by atoms with van der Waals surface area (Å²) in [5.74, 6) is 0. The molecular formula is C101H73N5. The molecule has 0 fully saturated rings. The highest BCUT2D eigenvalue weighted by Gasteiger charge is 2.18. The zero-order valence-corrected chi connectivity index (χ0v) is 59.7. The minimum atomic E-state index is 1.30. The van der Waals surface area contributed by atoms with Gasteiger partial charge in [0.15, 0.2) is 0 Å². The van der Waals surface area contributed by atoms with Gasteiger partial charge in [0.25, 0.3) is 0 Å². The van der Waals surface area contributed by atoms with Crippen molar-refractivity contribution in [3.63, 3.8) is 0 Å². The summed E-state index contributed by atoms with van der Waals surface area (Å²) in [5, 5.41) is 37.0. The van der Waals surface area contributed by atoms with Gasteiger partial charge in [-0.1, -0.05) is 285 Å². The summed E-state index contributed by atoms with van der Waals surface area (Å²) in [4.78, 5) is 0. The van der Waals surface area contributed by atoms with Crippen LogP contribution in [0.5, 0.6) is 0 Å². The van der Waals surface area contributed by atoms with Crippen molar-refractivity contribution in [2.24, 2.45) is 35.2 Å². The quantitative estimate of drug-likeness (QED) is 0.145. The van der Waals surface area contributed by atoms with E-state index < -0.39 is 0 Å². The first-order valence-electron chi connectivity index (χ1n) is 36.7. The molecule has 106 heavy (non-hydrogen) atoms. The largest absolute Gasteiger partial charge is 0.344 e. The van der Waals surface area contributed by atoms with Crippen molar-refractivity contribution in [1.29, 1.82) is 0 Å². The number of aromatic nitrogens is 5. The molecule has 0 amide bonds. The van der Waals surface area contributed by atoms with Gasteiger partial charge in [-0.15, -0.1) is 0 Å². The number of aryl methyl sites for hydroxylation is 5. The maximum Gasteiger partial charge on any atom is 0.0568 e. The van der Waals surface area contributed by atoms with Crippen LogP contribution in [0, 0.1) is 0 Å². The molecule has 0 aliphatic carbocycles. The number of nitrogens with zero attached hydrogens (tertiary/aromatic N) is 5. The lowest BCUT2D eigenvalue weighted by atomic mass is 10.0. The van der Waals surface area contributed by atoms with Crippen molar-refractivity contribution in [3.8, 4) is 0 Å². The van der Waals surface area contributed by atoms with Crippen molar-refractivity contribution >= 4 is 206 Å². The van der Waals surface area contributed by atoms with Crippen LogP contribution in [0.25, 0.3) is 206 Å². The van der Waals surface area contributed by atoms with Gasteiger partial charge < -0.3 is 22.8 Å². The van der Waals surface area contributed by atoms with E-state index in [9.17, 15) is 0 Å². The monoisotopic (exact) mass is 1360 g/mol. The van der Waals surface area contributed by atoms with Crippen molar-refractivity contribution < 1.29 is 0 Å².